The highest BCUT2D eigenvalue weighted by molar-refractivity contribution is 7.89. The Morgan fingerprint density at radius 1 is 1.11 bits per heavy atom. The standard InChI is InChI=1S/C21H25NO4S/c1-3-18(21(24)16-7-5-4-6-8-16)19-13-22(14-20(19)23)27(25,26)17-11-9-15(2)10-12-17/h3-12,18-21,23-24H,1,13-14H2,2H3/t18-,19-,20-,21-/m1/s1. The number of aryl methyl sites for hydroxylation is 1. The van der Waals surface area contributed by atoms with Crippen molar-refractivity contribution in [3.05, 3.63) is 78.4 Å². The molecule has 3 rings (SSSR count). The smallest absolute Gasteiger partial charge is 0.243 e. The highest BCUT2D eigenvalue weighted by atomic mass is 32.2. The van der Waals surface area contributed by atoms with Crippen LogP contribution < -0.4 is 0 Å². The molecule has 0 bridgehead atoms. The molecule has 2 aromatic rings. The molecule has 27 heavy (non-hydrogen) atoms. The Kier molecular flexibility index (Phi) is 5.81. The van der Waals surface area contributed by atoms with Gasteiger partial charge in [0.2, 0.25) is 10.0 Å². The van der Waals surface area contributed by atoms with Crippen molar-refractivity contribution < 1.29 is 18.6 Å². The maximum absolute atomic E-state index is 12.9. The van der Waals surface area contributed by atoms with Crippen LogP contribution in [0, 0.1) is 18.8 Å². The van der Waals surface area contributed by atoms with Crippen LogP contribution in [0.15, 0.2) is 72.1 Å². The van der Waals surface area contributed by atoms with Crippen LogP contribution in [-0.4, -0.2) is 42.1 Å². The van der Waals surface area contributed by atoms with Crippen molar-refractivity contribution in [1.29, 1.82) is 0 Å². The van der Waals surface area contributed by atoms with Gasteiger partial charge in [-0.1, -0.05) is 54.1 Å². The zero-order valence-electron chi connectivity index (χ0n) is 15.3. The van der Waals surface area contributed by atoms with E-state index in [1.54, 1.807) is 30.3 Å². The Labute approximate surface area is 160 Å². The Morgan fingerprint density at radius 3 is 2.33 bits per heavy atom. The number of hydrogen-bond acceptors (Lipinski definition) is 4. The van der Waals surface area contributed by atoms with Crippen molar-refractivity contribution in [1.82, 2.24) is 4.31 Å². The second-order valence-corrected chi connectivity index (χ2v) is 8.97. The molecule has 6 heteroatoms. The summed E-state index contributed by atoms with van der Waals surface area (Å²) < 4.78 is 27.1. The lowest BCUT2D eigenvalue weighted by molar-refractivity contribution is 0.0523. The van der Waals surface area contributed by atoms with Crippen molar-refractivity contribution in [3.63, 3.8) is 0 Å². The third kappa shape index (κ3) is 3.99. The molecule has 0 radical (unpaired) electrons. The van der Waals surface area contributed by atoms with Gasteiger partial charge in [-0.25, -0.2) is 8.42 Å². The lowest BCUT2D eigenvalue weighted by Crippen LogP contribution is -2.31. The predicted octanol–water partition coefficient (Wildman–Crippen LogP) is 2.51. The zero-order chi connectivity index (χ0) is 19.6. The van der Waals surface area contributed by atoms with Gasteiger partial charge in [0.15, 0.2) is 0 Å². The Bertz CT molecular complexity index is 880. The number of aliphatic hydroxyl groups is 2. The maximum Gasteiger partial charge on any atom is 0.243 e. The van der Waals surface area contributed by atoms with E-state index >= 15 is 0 Å². The molecule has 0 saturated carbocycles. The molecule has 0 spiro atoms. The normalized spacial score (nSPS) is 23.1. The van der Waals surface area contributed by atoms with Crippen LogP contribution in [0.3, 0.4) is 0 Å². The number of β-amino-alcohol motifs (C(OH)–C–C–N with tert-alkyl or cyclic N) is 1. The van der Waals surface area contributed by atoms with Gasteiger partial charge >= 0.3 is 0 Å². The summed E-state index contributed by atoms with van der Waals surface area (Å²) in [5, 5.41) is 21.3. The number of aliphatic hydroxyl groups excluding tert-OH is 2. The van der Waals surface area contributed by atoms with Gasteiger partial charge in [-0.05, 0) is 24.6 Å². The first-order valence-electron chi connectivity index (χ1n) is 8.95. The van der Waals surface area contributed by atoms with Crippen molar-refractivity contribution in [2.75, 3.05) is 13.1 Å². The second kappa shape index (κ2) is 7.94. The number of nitrogens with zero attached hydrogens (tertiary/aromatic N) is 1. The van der Waals surface area contributed by atoms with Gasteiger partial charge in [-0.3, -0.25) is 0 Å². The van der Waals surface area contributed by atoms with E-state index in [2.05, 4.69) is 6.58 Å². The molecule has 2 aromatic carbocycles. The van der Waals surface area contributed by atoms with Gasteiger partial charge < -0.3 is 10.2 Å². The number of benzene rings is 2. The van der Waals surface area contributed by atoms with Gasteiger partial charge in [0.25, 0.3) is 0 Å². The van der Waals surface area contributed by atoms with Crippen LogP contribution in [0.2, 0.25) is 0 Å². The van der Waals surface area contributed by atoms with Gasteiger partial charge in [0.1, 0.15) is 0 Å². The topological polar surface area (TPSA) is 77.8 Å². The zero-order valence-corrected chi connectivity index (χ0v) is 16.1. The van der Waals surface area contributed by atoms with E-state index in [1.165, 1.54) is 4.31 Å². The van der Waals surface area contributed by atoms with Gasteiger partial charge in [0, 0.05) is 24.9 Å². The molecule has 0 aliphatic carbocycles. The summed E-state index contributed by atoms with van der Waals surface area (Å²) in [7, 11) is -3.70. The SMILES string of the molecule is C=C[C@H]([C@H]1CN(S(=O)(=O)c2ccc(C)cc2)C[C@H]1O)[C@H](O)c1ccccc1. The minimum Gasteiger partial charge on any atom is -0.391 e. The van der Waals surface area contributed by atoms with Crippen LogP contribution >= 0.6 is 0 Å². The van der Waals surface area contributed by atoms with Crippen LogP contribution in [0.1, 0.15) is 17.2 Å². The summed E-state index contributed by atoms with van der Waals surface area (Å²) in [6.45, 7) is 5.84. The maximum atomic E-state index is 12.9. The quantitative estimate of drug-likeness (QED) is 0.747. The molecule has 0 unspecified atom stereocenters. The molecular formula is C21H25NO4S. The second-order valence-electron chi connectivity index (χ2n) is 7.03. The molecule has 1 aliphatic rings. The van der Waals surface area contributed by atoms with Crippen molar-refractivity contribution in [3.8, 4) is 0 Å². The fraction of sp³-hybridized carbons (Fsp3) is 0.333. The molecule has 1 fully saturated rings. The number of sulfonamides is 1. The molecular weight excluding hydrogens is 362 g/mol. The Hall–Kier alpha value is -1.99. The summed E-state index contributed by atoms with van der Waals surface area (Å²) >= 11 is 0. The summed E-state index contributed by atoms with van der Waals surface area (Å²) in [5.74, 6) is -0.890. The summed E-state index contributed by atoms with van der Waals surface area (Å²) in [6.07, 6.45) is -0.120. The molecule has 0 aromatic heterocycles. The lowest BCUT2D eigenvalue weighted by atomic mass is 9.83. The Balaban J connectivity index is 1.82. The first-order chi connectivity index (χ1) is 12.8. The van der Waals surface area contributed by atoms with E-state index in [0.29, 0.717) is 0 Å². The Morgan fingerprint density at radius 2 is 1.74 bits per heavy atom. The molecule has 1 saturated heterocycles. The number of hydrogen-bond donors (Lipinski definition) is 2. The van der Waals surface area contributed by atoms with E-state index in [4.69, 9.17) is 0 Å². The van der Waals surface area contributed by atoms with Crippen molar-refractivity contribution in [2.24, 2.45) is 11.8 Å². The highest BCUT2D eigenvalue weighted by Gasteiger charge is 2.43. The van der Waals surface area contributed by atoms with E-state index in [0.717, 1.165) is 11.1 Å². The first kappa shape index (κ1) is 19.8. The van der Waals surface area contributed by atoms with Gasteiger partial charge in [-0.15, -0.1) is 6.58 Å². The van der Waals surface area contributed by atoms with Crippen LogP contribution in [-0.2, 0) is 10.0 Å². The average Bonchev–Trinajstić information content (AvgIpc) is 3.06. The first-order valence-corrected chi connectivity index (χ1v) is 10.4. The number of rotatable bonds is 6. The minimum atomic E-state index is -3.70. The summed E-state index contributed by atoms with van der Waals surface area (Å²) in [5.41, 5.74) is 1.69. The fourth-order valence-electron chi connectivity index (χ4n) is 3.62. The van der Waals surface area contributed by atoms with E-state index < -0.39 is 34.1 Å². The van der Waals surface area contributed by atoms with Gasteiger partial charge in [-0.2, -0.15) is 4.31 Å². The summed E-state index contributed by atoms with van der Waals surface area (Å²) in [6, 6.07) is 15.8. The van der Waals surface area contributed by atoms with Crippen LogP contribution in [0.5, 0.6) is 0 Å². The third-order valence-corrected chi connectivity index (χ3v) is 7.08. The molecule has 5 nitrogen and oxygen atoms in total. The fourth-order valence-corrected chi connectivity index (χ4v) is 5.11. The van der Waals surface area contributed by atoms with Crippen LogP contribution in [0.25, 0.3) is 0 Å². The van der Waals surface area contributed by atoms with E-state index in [1.807, 2.05) is 37.3 Å². The minimum absolute atomic E-state index is 0.00667. The molecule has 144 valence electrons. The molecule has 0 amide bonds. The van der Waals surface area contributed by atoms with Crippen molar-refractivity contribution >= 4 is 10.0 Å². The molecule has 4 atom stereocenters. The van der Waals surface area contributed by atoms with Gasteiger partial charge in [0.05, 0.1) is 17.1 Å². The predicted molar refractivity (Wildman–Crippen MR) is 105 cm³/mol. The average molecular weight is 388 g/mol. The van der Waals surface area contributed by atoms with E-state index in [-0.39, 0.29) is 18.0 Å². The largest absolute Gasteiger partial charge is 0.391 e. The summed E-state index contributed by atoms with van der Waals surface area (Å²) in [4.78, 5) is 0.208. The molecule has 1 aliphatic heterocycles. The van der Waals surface area contributed by atoms with E-state index in [9.17, 15) is 18.6 Å². The van der Waals surface area contributed by atoms with Crippen molar-refractivity contribution in [2.45, 2.75) is 24.0 Å². The highest BCUT2D eigenvalue weighted by Crippen LogP contribution is 2.36. The molecule has 2 N–H and O–H groups in total. The third-order valence-electron chi connectivity index (χ3n) is 5.23. The monoisotopic (exact) mass is 387 g/mol. The van der Waals surface area contributed by atoms with Crippen LogP contribution in [0.4, 0.5) is 0 Å². The lowest BCUT2D eigenvalue weighted by Gasteiger charge is -2.27. The molecule has 1 heterocycles.